The van der Waals surface area contributed by atoms with Crippen LogP contribution in [-0.4, -0.2) is 49.5 Å². The van der Waals surface area contributed by atoms with Gasteiger partial charge in [0.2, 0.25) is 0 Å². The summed E-state index contributed by atoms with van der Waals surface area (Å²) in [5.41, 5.74) is 5.72. The Morgan fingerprint density at radius 3 is 2.27 bits per heavy atom. The molecule has 0 rings (SSSR count). The van der Waals surface area contributed by atoms with Gasteiger partial charge in [-0.1, -0.05) is 0 Å². The molecule has 3 nitrogen and oxygen atoms in total. The number of thioether (sulfide) groups is 1. The fourth-order valence-corrected chi connectivity index (χ4v) is 13.3. The van der Waals surface area contributed by atoms with E-state index in [2.05, 4.69) is 13.2 Å². The predicted octanol–water partition coefficient (Wildman–Crippen LogP) is 2.14. The summed E-state index contributed by atoms with van der Waals surface area (Å²) >= 11 is -0.814. The summed E-state index contributed by atoms with van der Waals surface area (Å²) in [7, 11) is 3.61. The molecular weight excluding hydrogens is 317 g/mol. The van der Waals surface area contributed by atoms with Crippen LogP contribution in [0.4, 0.5) is 0 Å². The molecule has 0 saturated carbocycles. The number of rotatable bonds is 9. The topological polar surface area (TPSA) is 44.5 Å². The molecule has 5 heteroatoms. The second kappa shape index (κ2) is 9.10. The Bertz CT molecular complexity index is 154. The minimum atomic E-state index is -2.66. The quantitative estimate of drug-likeness (QED) is 0.515. The number of hydrogen-bond donors (Lipinski definition) is 1. The Kier molecular flexibility index (Phi) is 9.72. The van der Waals surface area contributed by atoms with Crippen molar-refractivity contribution in [3.63, 3.8) is 0 Å². The molecule has 0 aromatic rings. The SMILES string of the molecule is C[O][Sn]([CH2]CCCC(C)N)([CH2]SC)[O]C. The van der Waals surface area contributed by atoms with Gasteiger partial charge in [-0.15, -0.1) is 0 Å². The summed E-state index contributed by atoms with van der Waals surface area (Å²) in [6, 6.07) is 0.320. The van der Waals surface area contributed by atoms with Gasteiger partial charge in [-0.2, -0.15) is 0 Å². The summed E-state index contributed by atoms with van der Waals surface area (Å²) < 4.78 is 13.6. The second-order valence-electron chi connectivity index (χ2n) is 3.98. The molecule has 0 spiro atoms. The van der Waals surface area contributed by atoms with E-state index < -0.39 is 19.2 Å². The number of hydrogen-bond acceptors (Lipinski definition) is 4. The van der Waals surface area contributed by atoms with E-state index >= 15 is 0 Å². The fourth-order valence-electron chi connectivity index (χ4n) is 1.56. The first-order valence-electron chi connectivity index (χ1n) is 5.45. The molecule has 0 aromatic heterocycles. The summed E-state index contributed by atoms with van der Waals surface area (Å²) in [4.78, 5) is 0. The van der Waals surface area contributed by atoms with E-state index in [1.807, 2.05) is 11.8 Å². The third-order valence-electron chi connectivity index (χ3n) is 2.58. The first-order chi connectivity index (χ1) is 7.10. The van der Waals surface area contributed by atoms with E-state index in [0.717, 1.165) is 14.6 Å². The van der Waals surface area contributed by atoms with E-state index in [1.165, 1.54) is 12.8 Å². The van der Waals surface area contributed by atoms with Gasteiger partial charge in [0, 0.05) is 0 Å². The zero-order valence-electron chi connectivity index (χ0n) is 10.4. The van der Waals surface area contributed by atoms with Crippen molar-refractivity contribution in [2.75, 3.05) is 24.2 Å². The molecule has 92 valence electrons. The van der Waals surface area contributed by atoms with Crippen molar-refractivity contribution >= 4 is 31.0 Å². The average Bonchev–Trinajstić information content (AvgIpc) is 2.22. The first-order valence-corrected chi connectivity index (χ1v) is 13.2. The summed E-state index contributed by atoms with van der Waals surface area (Å²) in [6.07, 6.45) is 5.61. The Labute approximate surface area is 103 Å². The van der Waals surface area contributed by atoms with Crippen molar-refractivity contribution in [2.45, 2.75) is 36.7 Å². The van der Waals surface area contributed by atoms with Crippen molar-refractivity contribution in [3.8, 4) is 0 Å². The van der Waals surface area contributed by atoms with Gasteiger partial charge >= 0.3 is 104 Å². The van der Waals surface area contributed by atoms with Crippen molar-refractivity contribution in [2.24, 2.45) is 5.73 Å². The normalized spacial score (nSPS) is 14.2. The molecule has 1 atom stereocenters. The van der Waals surface area contributed by atoms with Crippen LogP contribution in [0.15, 0.2) is 0 Å². The standard InChI is InChI=1S/C6H14N.C2H5S.2CH3O.Sn/c1-3-4-5-6(2)7;1-3-2;2*1-2;/h6H,1,3-5,7H2,2H3;1H2,2H3;2*1H3;/q;;2*-1;+2. The molecule has 2 N–H and O–H groups in total. The van der Waals surface area contributed by atoms with Crippen LogP contribution < -0.4 is 5.73 Å². The first kappa shape index (κ1) is 16.0. The molecule has 0 saturated heterocycles. The van der Waals surface area contributed by atoms with Crippen LogP contribution in [0.25, 0.3) is 0 Å². The van der Waals surface area contributed by atoms with Gasteiger partial charge in [-0.25, -0.2) is 0 Å². The molecule has 0 aliphatic heterocycles. The fraction of sp³-hybridized carbons (Fsp3) is 1.00. The van der Waals surface area contributed by atoms with Crippen LogP contribution in [-0.2, 0) is 6.15 Å². The molecule has 0 radical (unpaired) electrons. The van der Waals surface area contributed by atoms with Crippen LogP contribution in [0.2, 0.25) is 4.44 Å². The molecule has 0 bridgehead atoms. The van der Waals surface area contributed by atoms with Gasteiger partial charge in [0.15, 0.2) is 0 Å². The van der Waals surface area contributed by atoms with Gasteiger partial charge in [-0.05, 0) is 0 Å². The minimum absolute atomic E-state index is 0.320. The molecule has 0 aromatic carbocycles. The van der Waals surface area contributed by atoms with E-state index in [9.17, 15) is 0 Å². The Hall–Kier alpha value is 1.03. The molecule has 0 aliphatic rings. The molecule has 1 unspecified atom stereocenters. The van der Waals surface area contributed by atoms with Crippen molar-refractivity contribution in [1.29, 1.82) is 0 Å². The van der Waals surface area contributed by atoms with Gasteiger partial charge in [-0.3, -0.25) is 0 Å². The van der Waals surface area contributed by atoms with E-state index in [4.69, 9.17) is 11.9 Å². The Morgan fingerprint density at radius 1 is 1.27 bits per heavy atom. The van der Waals surface area contributed by atoms with Crippen LogP contribution in [0.3, 0.4) is 0 Å². The summed E-state index contributed by atoms with van der Waals surface area (Å²) in [5.74, 6) is 0. The zero-order valence-corrected chi connectivity index (χ0v) is 14.1. The monoisotopic (exact) mass is 343 g/mol. The van der Waals surface area contributed by atoms with Crippen LogP contribution in [0.1, 0.15) is 26.2 Å². The van der Waals surface area contributed by atoms with Crippen LogP contribution in [0, 0.1) is 0 Å². The molecule has 15 heavy (non-hydrogen) atoms. The molecule has 0 aliphatic carbocycles. The Morgan fingerprint density at radius 2 is 1.87 bits per heavy atom. The summed E-state index contributed by atoms with van der Waals surface area (Å²) in [6.45, 7) is 2.06. The van der Waals surface area contributed by atoms with Gasteiger partial charge in [0.25, 0.3) is 0 Å². The maximum atomic E-state index is 5.72. The zero-order chi connectivity index (χ0) is 11.7. The van der Waals surface area contributed by atoms with Gasteiger partial charge in [0.1, 0.15) is 0 Å². The molecule has 0 amide bonds. The van der Waals surface area contributed by atoms with E-state index in [0.29, 0.717) is 6.04 Å². The molecule has 0 fully saturated rings. The average molecular weight is 342 g/mol. The summed E-state index contributed by atoms with van der Waals surface area (Å²) in [5, 5.41) is 0. The third kappa shape index (κ3) is 7.05. The third-order valence-corrected chi connectivity index (χ3v) is 17.0. The van der Waals surface area contributed by atoms with Crippen LogP contribution >= 0.6 is 11.8 Å². The Balaban J connectivity index is 3.84. The number of unbranched alkanes of at least 4 members (excludes halogenated alkanes) is 1. The predicted molar refractivity (Wildman–Crippen MR) is 70.5 cm³/mol. The van der Waals surface area contributed by atoms with Crippen molar-refractivity contribution in [3.05, 3.63) is 0 Å². The van der Waals surface area contributed by atoms with Crippen molar-refractivity contribution in [1.82, 2.24) is 0 Å². The van der Waals surface area contributed by atoms with E-state index in [-0.39, 0.29) is 0 Å². The van der Waals surface area contributed by atoms with Gasteiger partial charge in [0.05, 0.1) is 0 Å². The number of nitrogens with two attached hydrogens (primary N) is 1. The van der Waals surface area contributed by atoms with E-state index in [1.54, 1.807) is 14.2 Å². The molecule has 0 heterocycles. The van der Waals surface area contributed by atoms with Crippen LogP contribution in [0.5, 0.6) is 0 Å². The second-order valence-corrected chi connectivity index (χ2v) is 16.3. The molecular formula is C10H25NO2SSn. The van der Waals surface area contributed by atoms with Crippen molar-refractivity contribution < 1.29 is 6.15 Å². The van der Waals surface area contributed by atoms with Gasteiger partial charge < -0.3 is 0 Å². The maximum absolute atomic E-state index is 5.72.